The molecule has 9 heteroatoms. The fourth-order valence-electron chi connectivity index (χ4n) is 1.65. The number of carbonyl (C=O) groups is 2. The quantitative estimate of drug-likeness (QED) is 0.550. The second-order valence-corrected chi connectivity index (χ2v) is 6.89. The van der Waals surface area contributed by atoms with Crippen LogP contribution >= 0.6 is 23.1 Å². The molecule has 0 saturated heterocycles. The third-order valence-corrected chi connectivity index (χ3v) is 4.92. The van der Waals surface area contributed by atoms with Crippen LogP contribution in [-0.4, -0.2) is 34.9 Å². The summed E-state index contributed by atoms with van der Waals surface area (Å²) in [6, 6.07) is 7.51. The van der Waals surface area contributed by atoms with E-state index >= 15 is 0 Å². The Morgan fingerprint density at radius 3 is 2.62 bits per heavy atom. The molecule has 0 bridgehead atoms. The Bertz CT molecular complexity index is 688. The Kier molecular flexibility index (Phi) is 7.01. The molecule has 24 heavy (non-hydrogen) atoms. The lowest BCUT2D eigenvalue weighted by atomic mass is 10.2. The Labute approximate surface area is 148 Å². The molecule has 0 radical (unpaired) electrons. The van der Waals surface area contributed by atoms with Gasteiger partial charge in [-0.2, -0.15) is 0 Å². The van der Waals surface area contributed by atoms with Crippen LogP contribution in [0.1, 0.15) is 18.9 Å². The molecular formula is C15H18N4O3S2. The number of aromatic nitrogens is 2. The number of nitrogens with one attached hydrogen (secondary N) is 2. The molecule has 0 aliphatic heterocycles. The zero-order valence-electron chi connectivity index (χ0n) is 13.4. The first-order valence-corrected chi connectivity index (χ1v) is 9.06. The zero-order chi connectivity index (χ0) is 17.4. The van der Waals surface area contributed by atoms with Crippen molar-refractivity contribution in [3.63, 3.8) is 0 Å². The zero-order valence-corrected chi connectivity index (χ0v) is 15.0. The predicted octanol–water partition coefficient (Wildman–Crippen LogP) is 2.30. The summed E-state index contributed by atoms with van der Waals surface area (Å²) in [5.74, 6) is 0.819. The SMILES string of the molecule is CCC(=O)Nc1nnc(SCC(=O)NCc2ccc(OC)cc2)s1. The third-order valence-electron chi connectivity index (χ3n) is 2.95. The lowest BCUT2D eigenvalue weighted by Gasteiger charge is -2.05. The number of amides is 2. The maximum absolute atomic E-state index is 11.9. The number of hydrogen-bond donors (Lipinski definition) is 2. The van der Waals surface area contributed by atoms with Crippen molar-refractivity contribution in [2.75, 3.05) is 18.2 Å². The summed E-state index contributed by atoms with van der Waals surface area (Å²) < 4.78 is 5.73. The van der Waals surface area contributed by atoms with Crippen LogP contribution in [0.25, 0.3) is 0 Å². The van der Waals surface area contributed by atoms with Gasteiger partial charge in [-0.25, -0.2) is 0 Å². The van der Waals surface area contributed by atoms with Gasteiger partial charge in [0.05, 0.1) is 12.9 Å². The molecule has 2 aromatic rings. The van der Waals surface area contributed by atoms with E-state index in [4.69, 9.17) is 4.74 Å². The number of thioether (sulfide) groups is 1. The predicted molar refractivity (Wildman–Crippen MR) is 94.4 cm³/mol. The molecule has 1 aromatic carbocycles. The van der Waals surface area contributed by atoms with Crippen molar-refractivity contribution in [3.8, 4) is 5.75 Å². The Hall–Kier alpha value is -2.13. The molecule has 2 amide bonds. The van der Waals surface area contributed by atoms with E-state index in [1.807, 2.05) is 24.3 Å². The first-order valence-electron chi connectivity index (χ1n) is 7.26. The van der Waals surface area contributed by atoms with Gasteiger partial charge in [-0.1, -0.05) is 42.2 Å². The molecule has 7 nitrogen and oxygen atoms in total. The smallest absolute Gasteiger partial charge is 0.230 e. The molecule has 0 aliphatic rings. The molecular weight excluding hydrogens is 348 g/mol. The monoisotopic (exact) mass is 366 g/mol. The van der Waals surface area contributed by atoms with Crippen molar-refractivity contribution in [2.45, 2.75) is 24.2 Å². The number of methoxy groups -OCH3 is 1. The molecule has 128 valence electrons. The Morgan fingerprint density at radius 1 is 1.21 bits per heavy atom. The highest BCUT2D eigenvalue weighted by atomic mass is 32.2. The van der Waals surface area contributed by atoms with Crippen LogP contribution in [0, 0.1) is 0 Å². The van der Waals surface area contributed by atoms with E-state index in [1.165, 1.54) is 23.1 Å². The van der Waals surface area contributed by atoms with Crippen molar-refractivity contribution >= 4 is 40.0 Å². The summed E-state index contributed by atoms with van der Waals surface area (Å²) in [5, 5.41) is 13.7. The summed E-state index contributed by atoms with van der Waals surface area (Å²) in [6.07, 6.45) is 0.385. The topological polar surface area (TPSA) is 93.2 Å². The highest BCUT2D eigenvalue weighted by Gasteiger charge is 2.09. The normalized spacial score (nSPS) is 10.2. The molecule has 0 unspecified atom stereocenters. The molecule has 0 fully saturated rings. The minimum atomic E-state index is -0.111. The second-order valence-electron chi connectivity index (χ2n) is 4.69. The molecule has 1 heterocycles. The van der Waals surface area contributed by atoms with Crippen molar-refractivity contribution < 1.29 is 14.3 Å². The van der Waals surface area contributed by atoms with Gasteiger partial charge in [0.2, 0.25) is 16.9 Å². The van der Waals surface area contributed by atoms with Gasteiger partial charge in [-0.15, -0.1) is 10.2 Å². The van der Waals surface area contributed by atoms with Crippen LogP contribution in [0.5, 0.6) is 5.75 Å². The van der Waals surface area contributed by atoms with Gasteiger partial charge in [0.25, 0.3) is 0 Å². The molecule has 2 N–H and O–H groups in total. The van der Waals surface area contributed by atoms with E-state index in [1.54, 1.807) is 14.0 Å². The van der Waals surface area contributed by atoms with Crippen LogP contribution in [0.3, 0.4) is 0 Å². The molecule has 0 saturated carbocycles. The van der Waals surface area contributed by atoms with Crippen LogP contribution in [-0.2, 0) is 16.1 Å². The first-order chi connectivity index (χ1) is 11.6. The van der Waals surface area contributed by atoms with E-state index in [0.717, 1.165) is 11.3 Å². The lowest BCUT2D eigenvalue weighted by molar-refractivity contribution is -0.118. The molecule has 2 rings (SSSR count). The van der Waals surface area contributed by atoms with Gasteiger partial charge < -0.3 is 15.4 Å². The van der Waals surface area contributed by atoms with E-state index < -0.39 is 0 Å². The van der Waals surface area contributed by atoms with E-state index in [0.29, 0.717) is 22.4 Å². The van der Waals surface area contributed by atoms with Crippen molar-refractivity contribution in [3.05, 3.63) is 29.8 Å². The van der Waals surface area contributed by atoms with Crippen LogP contribution in [0.4, 0.5) is 5.13 Å². The van der Waals surface area contributed by atoms with Crippen molar-refractivity contribution in [2.24, 2.45) is 0 Å². The number of nitrogens with zero attached hydrogens (tertiary/aromatic N) is 2. The number of anilines is 1. The van der Waals surface area contributed by atoms with Crippen LogP contribution in [0.2, 0.25) is 0 Å². The molecule has 0 aliphatic carbocycles. The minimum Gasteiger partial charge on any atom is -0.497 e. The highest BCUT2D eigenvalue weighted by Crippen LogP contribution is 2.25. The summed E-state index contributed by atoms with van der Waals surface area (Å²) in [5.41, 5.74) is 0.995. The van der Waals surface area contributed by atoms with Gasteiger partial charge in [-0.05, 0) is 17.7 Å². The number of ether oxygens (including phenoxy) is 1. The number of benzene rings is 1. The van der Waals surface area contributed by atoms with E-state index in [-0.39, 0.29) is 17.6 Å². The number of carbonyl (C=O) groups excluding carboxylic acids is 2. The summed E-state index contributed by atoms with van der Waals surface area (Å²) in [6.45, 7) is 2.22. The average Bonchev–Trinajstić information content (AvgIpc) is 3.05. The summed E-state index contributed by atoms with van der Waals surface area (Å²) in [7, 11) is 1.61. The minimum absolute atomic E-state index is 0.0924. The number of hydrogen-bond acceptors (Lipinski definition) is 7. The van der Waals surface area contributed by atoms with Crippen LogP contribution in [0.15, 0.2) is 28.6 Å². The Morgan fingerprint density at radius 2 is 1.96 bits per heavy atom. The van der Waals surface area contributed by atoms with Gasteiger partial charge >= 0.3 is 0 Å². The maximum Gasteiger partial charge on any atom is 0.230 e. The van der Waals surface area contributed by atoms with Gasteiger partial charge in [0.1, 0.15) is 5.75 Å². The third kappa shape index (κ3) is 5.82. The molecule has 1 aromatic heterocycles. The fourth-order valence-corrected chi connectivity index (χ4v) is 3.25. The fraction of sp³-hybridized carbons (Fsp3) is 0.333. The standard InChI is InChI=1S/C15H18N4O3S2/c1-3-12(20)17-14-18-19-15(24-14)23-9-13(21)16-8-10-4-6-11(22-2)7-5-10/h4-7H,3,8-9H2,1-2H3,(H,16,21)(H,17,18,20). The Balaban J connectivity index is 1.73. The van der Waals surface area contributed by atoms with Gasteiger partial charge in [0, 0.05) is 13.0 Å². The van der Waals surface area contributed by atoms with Crippen LogP contribution < -0.4 is 15.4 Å². The highest BCUT2D eigenvalue weighted by molar-refractivity contribution is 8.01. The average molecular weight is 366 g/mol. The second kappa shape index (κ2) is 9.24. The number of rotatable bonds is 8. The van der Waals surface area contributed by atoms with Crippen molar-refractivity contribution in [1.82, 2.24) is 15.5 Å². The summed E-state index contributed by atoms with van der Waals surface area (Å²) in [4.78, 5) is 23.1. The lowest BCUT2D eigenvalue weighted by Crippen LogP contribution is -2.24. The van der Waals surface area contributed by atoms with Gasteiger partial charge in [-0.3, -0.25) is 9.59 Å². The van der Waals surface area contributed by atoms with E-state index in [2.05, 4.69) is 20.8 Å². The van der Waals surface area contributed by atoms with Gasteiger partial charge in [0.15, 0.2) is 4.34 Å². The summed E-state index contributed by atoms with van der Waals surface area (Å²) >= 11 is 2.54. The first kappa shape index (κ1) is 18.2. The molecule has 0 spiro atoms. The van der Waals surface area contributed by atoms with E-state index in [9.17, 15) is 9.59 Å². The van der Waals surface area contributed by atoms with Crippen molar-refractivity contribution in [1.29, 1.82) is 0 Å². The molecule has 0 atom stereocenters. The largest absolute Gasteiger partial charge is 0.497 e. The maximum atomic E-state index is 11.9.